The molecular weight excluding hydrogens is 356 g/mol. The summed E-state index contributed by atoms with van der Waals surface area (Å²) in [6, 6.07) is 8.92. The first-order valence-corrected chi connectivity index (χ1v) is 8.72. The van der Waals surface area contributed by atoms with Crippen LogP contribution in [0.1, 0.15) is 29.9 Å². The normalized spacial score (nSPS) is 22.6. The maximum absolute atomic E-state index is 12.1. The van der Waals surface area contributed by atoms with Crippen LogP contribution in [0.2, 0.25) is 5.15 Å². The van der Waals surface area contributed by atoms with Crippen LogP contribution in [0, 0.1) is 5.92 Å². The van der Waals surface area contributed by atoms with E-state index in [-0.39, 0.29) is 30.8 Å². The molecule has 0 radical (unpaired) electrons. The number of nitrogens with zero attached hydrogens (tertiary/aromatic N) is 4. The minimum atomic E-state index is -0.349. The predicted octanol–water partition coefficient (Wildman–Crippen LogP) is 3.26. The van der Waals surface area contributed by atoms with Crippen molar-refractivity contribution in [2.75, 3.05) is 6.61 Å². The highest BCUT2D eigenvalue weighted by Crippen LogP contribution is 2.36. The highest BCUT2D eigenvalue weighted by molar-refractivity contribution is 6.33. The van der Waals surface area contributed by atoms with Gasteiger partial charge in [-0.2, -0.15) is 0 Å². The first kappa shape index (κ1) is 16.9. The monoisotopic (exact) mass is 372 g/mol. The Bertz CT molecular complexity index is 931. The standard InChI is InChI=1S/C18H17ClN4O3/c1-11-7-13(8-25-18(24)12-5-3-2-4-6-12)26-17(11)23-10-22-14-15(19)20-9-21-16(14)23/h2-6,9-11,13,17H,7-8H2,1H3/t11-,13?,17?/m0/s1. The first-order chi connectivity index (χ1) is 12.6. The van der Waals surface area contributed by atoms with Crippen molar-refractivity contribution >= 4 is 28.7 Å². The molecule has 0 bridgehead atoms. The van der Waals surface area contributed by atoms with E-state index in [4.69, 9.17) is 21.1 Å². The molecule has 1 aliphatic rings. The topological polar surface area (TPSA) is 79.1 Å². The molecule has 3 aromatic rings. The summed E-state index contributed by atoms with van der Waals surface area (Å²) in [4.78, 5) is 24.6. The number of hydrogen-bond donors (Lipinski definition) is 0. The van der Waals surface area contributed by atoms with Crippen LogP contribution in [-0.4, -0.2) is 38.2 Å². The second kappa shape index (κ2) is 7.01. The maximum Gasteiger partial charge on any atom is 0.338 e. The lowest BCUT2D eigenvalue weighted by molar-refractivity contribution is -0.0376. The molecule has 4 rings (SSSR count). The van der Waals surface area contributed by atoms with Crippen molar-refractivity contribution in [2.45, 2.75) is 25.7 Å². The molecule has 0 saturated carbocycles. The Morgan fingerprint density at radius 3 is 2.92 bits per heavy atom. The fraction of sp³-hybridized carbons (Fsp3) is 0.333. The van der Waals surface area contributed by atoms with E-state index in [2.05, 4.69) is 21.9 Å². The minimum Gasteiger partial charge on any atom is -0.459 e. The number of benzene rings is 1. The van der Waals surface area contributed by atoms with Crippen molar-refractivity contribution in [1.29, 1.82) is 0 Å². The SMILES string of the molecule is C[C@H]1CC(COC(=O)c2ccccc2)OC1n1cnc2c(Cl)ncnc21. The molecule has 2 aromatic heterocycles. The van der Waals surface area contributed by atoms with Gasteiger partial charge in [-0.15, -0.1) is 0 Å². The van der Waals surface area contributed by atoms with Crippen molar-refractivity contribution in [3.63, 3.8) is 0 Å². The van der Waals surface area contributed by atoms with Crippen LogP contribution in [0.15, 0.2) is 43.0 Å². The molecule has 1 fully saturated rings. The van der Waals surface area contributed by atoms with Crippen LogP contribution in [-0.2, 0) is 9.47 Å². The fourth-order valence-corrected chi connectivity index (χ4v) is 3.38. The number of ether oxygens (including phenoxy) is 2. The summed E-state index contributed by atoms with van der Waals surface area (Å²) in [5.74, 6) is -0.139. The Balaban J connectivity index is 1.44. The average molecular weight is 373 g/mol. The van der Waals surface area contributed by atoms with Gasteiger partial charge in [0.1, 0.15) is 24.7 Å². The Labute approximate surface area is 154 Å². The van der Waals surface area contributed by atoms with Crippen LogP contribution in [0.5, 0.6) is 0 Å². The summed E-state index contributed by atoms with van der Waals surface area (Å²) in [5, 5.41) is 0.313. The number of esters is 1. The molecule has 8 heteroatoms. The zero-order valence-electron chi connectivity index (χ0n) is 14.1. The summed E-state index contributed by atoms with van der Waals surface area (Å²) in [6.45, 7) is 2.29. The van der Waals surface area contributed by atoms with E-state index >= 15 is 0 Å². The lowest BCUT2D eigenvalue weighted by Crippen LogP contribution is -2.19. The van der Waals surface area contributed by atoms with Gasteiger partial charge in [0, 0.05) is 5.92 Å². The largest absolute Gasteiger partial charge is 0.459 e. The van der Waals surface area contributed by atoms with E-state index in [0.717, 1.165) is 6.42 Å². The Hall–Kier alpha value is -2.51. The van der Waals surface area contributed by atoms with Crippen molar-refractivity contribution in [2.24, 2.45) is 5.92 Å². The van der Waals surface area contributed by atoms with E-state index < -0.39 is 0 Å². The van der Waals surface area contributed by atoms with E-state index in [9.17, 15) is 4.79 Å². The zero-order chi connectivity index (χ0) is 18.1. The molecule has 7 nitrogen and oxygen atoms in total. The third-order valence-electron chi connectivity index (χ3n) is 4.45. The van der Waals surface area contributed by atoms with E-state index in [1.807, 2.05) is 10.6 Å². The summed E-state index contributed by atoms with van der Waals surface area (Å²) in [6.07, 6.45) is 3.40. The van der Waals surface area contributed by atoms with E-state index in [1.54, 1.807) is 30.6 Å². The summed E-state index contributed by atoms with van der Waals surface area (Å²) >= 11 is 6.06. The van der Waals surface area contributed by atoms with Crippen molar-refractivity contribution in [3.8, 4) is 0 Å². The van der Waals surface area contributed by atoms with Gasteiger partial charge in [0.25, 0.3) is 0 Å². The average Bonchev–Trinajstić information content (AvgIpc) is 3.24. The van der Waals surface area contributed by atoms with Crippen LogP contribution >= 0.6 is 11.6 Å². The lowest BCUT2D eigenvalue weighted by Gasteiger charge is -2.17. The number of hydrogen-bond acceptors (Lipinski definition) is 6. The van der Waals surface area contributed by atoms with Gasteiger partial charge in [-0.25, -0.2) is 19.7 Å². The van der Waals surface area contributed by atoms with Crippen molar-refractivity contribution < 1.29 is 14.3 Å². The van der Waals surface area contributed by atoms with Gasteiger partial charge >= 0.3 is 5.97 Å². The highest BCUT2D eigenvalue weighted by Gasteiger charge is 2.35. The Kier molecular flexibility index (Phi) is 4.57. The molecule has 0 aliphatic carbocycles. The molecule has 26 heavy (non-hydrogen) atoms. The van der Waals surface area contributed by atoms with Gasteiger partial charge in [0.15, 0.2) is 10.8 Å². The number of imidazole rings is 1. The molecule has 2 unspecified atom stereocenters. The van der Waals surface area contributed by atoms with Gasteiger partial charge < -0.3 is 9.47 Å². The van der Waals surface area contributed by atoms with Gasteiger partial charge in [-0.1, -0.05) is 36.7 Å². The minimum absolute atomic E-state index is 0.183. The molecule has 3 atom stereocenters. The molecule has 1 aromatic carbocycles. The first-order valence-electron chi connectivity index (χ1n) is 8.34. The maximum atomic E-state index is 12.1. The van der Waals surface area contributed by atoms with Crippen LogP contribution < -0.4 is 0 Å². The molecule has 0 amide bonds. The smallest absolute Gasteiger partial charge is 0.338 e. The van der Waals surface area contributed by atoms with Crippen LogP contribution in [0.3, 0.4) is 0 Å². The van der Waals surface area contributed by atoms with E-state index in [1.165, 1.54) is 6.33 Å². The molecule has 0 N–H and O–H groups in total. The summed E-state index contributed by atoms with van der Waals surface area (Å²) in [7, 11) is 0. The third-order valence-corrected chi connectivity index (χ3v) is 4.73. The van der Waals surface area contributed by atoms with Crippen molar-refractivity contribution in [3.05, 3.63) is 53.7 Å². The van der Waals surface area contributed by atoms with Gasteiger partial charge in [0.2, 0.25) is 0 Å². The Morgan fingerprint density at radius 2 is 2.12 bits per heavy atom. The zero-order valence-corrected chi connectivity index (χ0v) is 14.8. The van der Waals surface area contributed by atoms with Crippen molar-refractivity contribution in [1.82, 2.24) is 19.5 Å². The lowest BCUT2D eigenvalue weighted by atomic mass is 10.1. The molecule has 3 heterocycles. The number of fused-ring (bicyclic) bond motifs is 1. The number of aromatic nitrogens is 4. The molecule has 1 aliphatic heterocycles. The predicted molar refractivity (Wildman–Crippen MR) is 94.7 cm³/mol. The van der Waals surface area contributed by atoms with E-state index in [0.29, 0.717) is 21.9 Å². The van der Waals surface area contributed by atoms with Crippen LogP contribution in [0.4, 0.5) is 0 Å². The second-order valence-corrected chi connectivity index (χ2v) is 6.67. The molecule has 134 valence electrons. The summed E-state index contributed by atoms with van der Waals surface area (Å²) < 4.78 is 13.3. The summed E-state index contributed by atoms with van der Waals surface area (Å²) in [5.41, 5.74) is 1.70. The number of rotatable bonds is 4. The fourth-order valence-electron chi connectivity index (χ4n) is 3.20. The molecule has 0 spiro atoms. The number of halogens is 1. The Morgan fingerprint density at radius 1 is 1.31 bits per heavy atom. The van der Waals surface area contributed by atoms with Gasteiger partial charge in [0.05, 0.1) is 18.0 Å². The van der Waals surface area contributed by atoms with Crippen LogP contribution in [0.25, 0.3) is 11.2 Å². The number of carbonyl (C=O) groups excluding carboxylic acids is 1. The highest BCUT2D eigenvalue weighted by atomic mass is 35.5. The van der Waals surface area contributed by atoms with Gasteiger partial charge in [-0.05, 0) is 18.6 Å². The second-order valence-electron chi connectivity index (χ2n) is 6.31. The quantitative estimate of drug-likeness (QED) is 0.516. The number of carbonyl (C=O) groups is 1. The third kappa shape index (κ3) is 3.15. The molecule has 1 saturated heterocycles. The molecular formula is C18H17ClN4O3. The van der Waals surface area contributed by atoms with Gasteiger partial charge in [-0.3, -0.25) is 4.57 Å².